The third-order valence-electron chi connectivity index (χ3n) is 4.85. The minimum Gasteiger partial charge on any atom is -0.489 e. The number of esters is 1. The second-order valence-corrected chi connectivity index (χ2v) is 6.71. The van der Waals surface area contributed by atoms with Crippen molar-refractivity contribution in [1.29, 1.82) is 10.5 Å². The summed E-state index contributed by atoms with van der Waals surface area (Å²) in [6.07, 6.45) is 0. The standard InChI is InChI=1S/C24H21N3O4/c1-3-29-24(28)21-15(2)31-23(27)19(13-26)22(21)18-10-6-7-11-20(18)30-14-17-9-5-4-8-16(17)12-25/h4-11,22H,3,14,27H2,1-2H3. The van der Waals surface area contributed by atoms with Crippen LogP contribution in [0.15, 0.2) is 71.3 Å². The molecule has 0 aliphatic carbocycles. The molecule has 0 radical (unpaired) electrons. The molecule has 156 valence electrons. The summed E-state index contributed by atoms with van der Waals surface area (Å²) in [5.41, 5.74) is 8.07. The van der Waals surface area contributed by atoms with E-state index in [1.54, 1.807) is 50.2 Å². The molecule has 1 heterocycles. The van der Waals surface area contributed by atoms with E-state index < -0.39 is 11.9 Å². The first kappa shape index (κ1) is 21.5. The van der Waals surface area contributed by atoms with E-state index in [0.29, 0.717) is 16.9 Å². The highest BCUT2D eigenvalue weighted by molar-refractivity contribution is 5.92. The van der Waals surface area contributed by atoms with Crippen LogP contribution in [0.25, 0.3) is 0 Å². The number of hydrogen-bond donors (Lipinski definition) is 1. The van der Waals surface area contributed by atoms with Crippen LogP contribution in [0.4, 0.5) is 0 Å². The molecule has 0 spiro atoms. The largest absolute Gasteiger partial charge is 0.489 e. The van der Waals surface area contributed by atoms with Gasteiger partial charge < -0.3 is 19.9 Å². The predicted molar refractivity (Wildman–Crippen MR) is 112 cm³/mol. The summed E-state index contributed by atoms with van der Waals surface area (Å²) in [4.78, 5) is 12.7. The van der Waals surface area contributed by atoms with Gasteiger partial charge in [0.05, 0.1) is 29.7 Å². The number of rotatable bonds is 6. The Kier molecular flexibility index (Phi) is 6.59. The van der Waals surface area contributed by atoms with E-state index in [1.165, 1.54) is 0 Å². The van der Waals surface area contributed by atoms with Gasteiger partial charge in [0, 0.05) is 11.1 Å². The van der Waals surface area contributed by atoms with E-state index in [2.05, 4.69) is 12.1 Å². The first-order valence-corrected chi connectivity index (χ1v) is 9.67. The van der Waals surface area contributed by atoms with Gasteiger partial charge in [0.1, 0.15) is 29.8 Å². The van der Waals surface area contributed by atoms with Crippen molar-refractivity contribution in [2.24, 2.45) is 5.73 Å². The zero-order valence-corrected chi connectivity index (χ0v) is 17.2. The van der Waals surface area contributed by atoms with E-state index in [0.717, 1.165) is 5.56 Å². The molecular weight excluding hydrogens is 394 g/mol. The molecule has 0 aromatic heterocycles. The molecule has 0 amide bonds. The molecule has 2 aromatic rings. The van der Waals surface area contributed by atoms with Crippen LogP contribution in [-0.2, 0) is 20.9 Å². The molecule has 2 N–H and O–H groups in total. The van der Waals surface area contributed by atoms with Crippen LogP contribution in [0.5, 0.6) is 5.75 Å². The maximum atomic E-state index is 12.7. The lowest BCUT2D eigenvalue weighted by Crippen LogP contribution is -2.26. The van der Waals surface area contributed by atoms with E-state index in [1.807, 2.05) is 12.1 Å². The summed E-state index contributed by atoms with van der Waals surface area (Å²) >= 11 is 0. The quantitative estimate of drug-likeness (QED) is 0.713. The number of carbonyl (C=O) groups is 1. The Balaban J connectivity index is 2.05. The molecule has 3 rings (SSSR count). The van der Waals surface area contributed by atoms with Gasteiger partial charge in [0.15, 0.2) is 0 Å². The zero-order chi connectivity index (χ0) is 22.4. The zero-order valence-electron chi connectivity index (χ0n) is 17.2. The maximum absolute atomic E-state index is 12.7. The fourth-order valence-electron chi connectivity index (χ4n) is 3.43. The molecule has 7 nitrogen and oxygen atoms in total. The Morgan fingerprint density at radius 1 is 1.13 bits per heavy atom. The van der Waals surface area contributed by atoms with E-state index in [9.17, 15) is 15.3 Å². The van der Waals surface area contributed by atoms with Gasteiger partial charge >= 0.3 is 5.97 Å². The topological polar surface area (TPSA) is 118 Å². The van der Waals surface area contributed by atoms with Gasteiger partial charge in [-0.3, -0.25) is 0 Å². The van der Waals surface area contributed by atoms with Crippen molar-refractivity contribution in [1.82, 2.24) is 0 Å². The minimum absolute atomic E-state index is 0.0670. The highest BCUT2D eigenvalue weighted by Gasteiger charge is 2.37. The second-order valence-electron chi connectivity index (χ2n) is 6.71. The summed E-state index contributed by atoms with van der Waals surface area (Å²) in [6.45, 7) is 3.62. The van der Waals surface area contributed by atoms with Crippen molar-refractivity contribution in [2.75, 3.05) is 6.61 Å². The van der Waals surface area contributed by atoms with E-state index in [-0.39, 0.29) is 36.0 Å². The fraction of sp³-hybridized carbons (Fsp3) is 0.208. The fourth-order valence-corrected chi connectivity index (χ4v) is 3.43. The summed E-state index contributed by atoms with van der Waals surface area (Å²) in [5.74, 6) is -0.736. The summed E-state index contributed by atoms with van der Waals surface area (Å²) in [5, 5.41) is 19.1. The third kappa shape index (κ3) is 4.36. The second kappa shape index (κ2) is 9.51. The van der Waals surface area contributed by atoms with Crippen LogP contribution in [-0.4, -0.2) is 12.6 Å². The number of hydrogen-bond acceptors (Lipinski definition) is 7. The lowest BCUT2D eigenvalue weighted by Gasteiger charge is -2.28. The Hall–Kier alpha value is -4.23. The first-order chi connectivity index (χ1) is 15.0. The number of nitrogens with zero attached hydrogens (tertiary/aromatic N) is 2. The van der Waals surface area contributed by atoms with Gasteiger partial charge in [-0.1, -0.05) is 36.4 Å². The monoisotopic (exact) mass is 415 g/mol. The highest BCUT2D eigenvalue weighted by atomic mass is 16.5. The van der Waals surface area contributed by atoms with Gasteiger partial charge in [0.25, 0.3) is 0 Å². The normalized spacial score (nSPS) is 15.5. The lowest BCUT2D eigenvalue weighted by atomic mass is 9.82. The van der Waals surface area contributed by atoms with Crippen molar-refractivity contribution < 1.29 is 19.0 Å². The molecule has 0 saturated carbocycles. The highest BCUT2D eigenvalue weighted by Crippen LogP contribution is 2.43. The molecule has 7 heteroatoms. The average molecular weight is 415 g/mol. The van der Waals surface area contributed by atoms with Crippen molar-refractivity contribution in [2.45, 2.75) is 26.4 Å². The van der Waals surface area contributed by atoms with Gasteiger partial charge in [-0.2, -0.15) is 10.5 Å². The summed E-state index contributed by atoms with van der Waals surface area (Å²) in [7, 11) is 0. The smallest absolute Gasteiger partial charge is 0.338 e. The molecule has 1 aliphatic heterocycles. The van der Waals surface area contributed by atoms with Gasteiger partial charge in [-0.05, 0) is 26.0 Å². The van der Waals surface area contributed by atoms with Crippen LogP contribution < -0.4 is 10.5 Å². The Labute approximate surface area is 180 Å². The van der Waals surface area contributed by atoms with Crippen molar-refractivity contribution in [3.05, 3.63) is 88.0 Å². The van der Waals surface area contributed by atoms with Crippen molar-refractivity contribution >= 4 is 5.97 Å². The molecule has 0 fully saturated rings. The minimum atomic E-state index is -0.805. The predicted octanol–water partition coefficient (Wildman–Crippen LogP) is 3.78. The van der Waals surface area contributed by atoms with Crippen LogP contribution in [0.2, 0.25) is 0 Å². The van der Waals surface area contributed by atoms with Crippen molar-refractivity contribution in [3.8, 4) is 17.9 Å². The molecule has 0 saturated heterocycles. The van der Waals surface area contributed by atoms with Gasteiger partial charge in [0.2, 0.25) is 5.88 Å². The Morgan fingerprint density at radius 3 is 2.55 bits per heavy atom. The SMILES string of the molecule is CCOC(=O)C1=C(C)OC(N)=C(C#N)C1c1ccccc1OCc1ccccc1C#N. The number of ether oxygens (including phenoxy) is 3. The van der Waals surface area contributed by atoms with Crippen LogP contribution >= 0.6 is 0 Å². The van der Waals surface area contributed by atoms with Crippen molar-refractivity contribution in [3.63, 3.8) is 0 Å². The lowest BCUT2D eigenvalue weighted by molar-refractivity contribution is -0.139. The maximum Gasteiger partial charge on any atom is 0.338 e. The van der Waals surface area contributed by atoms with Crippen LogP contribution in [0.1, 0.15) is 36.5 Å². The average Bonchev–Trinajstić information content (AvgIpc) is 2.77. The number of para-hydroxylation sites is 1. The molecule has 1 aliphatic rings. The van der Waals surface area contributed by atoms with Crippen LogP contribution in [0.3, 0.4) is 0 Å². The number of nitriles is 2. The number of carbonyl (C=O) groups excluding carboxylic acids is 1. The van der Waals surface area contributed by atoms with E-state index in [4.69, 9.17) is 19.9 Å². The number of allylic oxidation sites excluding steroid dienone is 2. The molecule has 0 bridgehead atoms. The molecule has 2 aromatic carbocycles. The number of nitrogens with two attached hydrogens (primary N) is 1. The van der Waals surface area contributed by atoms with Crippen LogP contribution in [0, 0.1) is 22.7 Å². The third-order valence-corrected chi connectivity index (χ3v) is 4.85. The molecule has 1 unspecified atom stereocenters. The Morgan fingerprint density at radius 2 is 1.84 bits per heavy atom. The van der Waals surface area contributed by atoms with Gasteiger partial charge in [-0.15, -0.1) is 0 Å². The molecular formula is C24H21N3O4. The summed E-state index contributed by atoms with van der Waals surface area (Å²) in [6, 6.07) is 18.4. The first-order valence-electron chi connectivity index (χ1n) is 9.67. The Bertz CT molecular complexity index is 1150. The number of benzene rings is 2. The summed E-state index contributed by atoms with van der Waals surface area (Å²) < 4.78 is 16.7. The molecule has 1 atom stereocenters. The van der Waals surface area contributed by atoms with Gasteiger partial charge in [-0.25, -0.2) is 4.79 Å². The van der Waals surface area contributed by atoms with E-state index >= 15 is 0 Å². The molecule has 31 heavy (non-hydrogen) atoms.